The first kappa shape index (κ1) is 24.6. The van der Waals surface area contributed by atoms with Gasteiger partial charge in [-0.3, -0.25) is 4.79 Å². The normalized spacial score (nSPS) is 10.5. The molecule has 0 saturated heterocycles. The van der Waals surface area contributed by atoms with Gasteiger partial charge in [-0.05, 0) is 48.9 Å². The molecule has 3 aromatic carbocycles. The largest absolute Gasteiger partial charge is 0.493 e. The number of rotatable bonds is 13. The molecule has 0 aromatic heterocycles. The van der Waals surface area contributed by atoms with Crippen molar-refractivity contribution in [2.75, 3.05) is 25.1 Å². The lowest BCUT2D eigenvalue weighted by Crippen LogP contribution is -2.14. The summed E-state index contributed by atoms with van der Waals surface area (Å²) in [7, 11) is 0. The number of amides is 1. The zero-order valence-corrected chi connectivity index (χ0v) is 20.5. The van der Waals surface area contributed by atoms with Gasteiger partial charge in [0.1, 0.15) is 30.5 Å². The summed E-state index contributed by atoms with van der Waals surface area (Å²) in [6.45, 7) is 3.60. The molecule has 0 unspecified atom stereocenters. The Bertz CT molecular complexity index is 1010. The van der Waals surface area contributed by atoms with Crippen LogP contribution in [0.1, 0.15) is 43.0 Å². The molecule has 0 saturated carbocycles. The number of ether oxygens (including phenoxy) is 3. The Morgan fingerprint density at radius 3 is 2.33 bits per heavy atom. The number of nitrogens with one attached hydrogen (secondary N) is 1. The maximum Gasteiger partial charge on any atom is 0.259 e. The maximum absolute atomic E-state index is 13.0. The Morgan fingerprint density at radius 1 is 0.788 bits per heavy atom. The first-order valence-electron chi connectivity index (χ1n) is 11.3. The molecule has 3 rings (SSSR count). The van der Waals surface area contributed by atoms with Crippen LogP contribution in [0, 0.1) is 0 Å². The fourth-order valence-corrected chi connectivity index (χ4v) is 3.58. The van der Waals surface area contributed by atoms with E-state index in [4.69, 9.17) is 14.2 Å². The second-order valence-corrected chi connectivity index (χ2v) is 8.46. The standard InChI is InChI=1S/C27H30BrNO4/c1-2-3-4-8-16-33-26-15-14-21(28)19-25(26)27(30)29-22-10-9-13-24(20-22)32-18-17-31-23-11-6-5-7-12-23/h5-7,9-15,19-20H,2-4,8,16-18H2,1H3,(H,29,30). The fourth-order valence-electron chi connectivity index (χ4n) is 3.21. The second kappa shape index (κ2) is 13.5. The van der Waals surface area contributed by atoms with Gasteiger partial charge in [0, 0.05) is 16.2 Å². The van der Waals surface area contributed by atoms with Gasteiger partial charge in [-0.1, -0.05) is 66.4 Å². The highest BCUT2D eigenvalue weighted by Crippen LogP contribution is 2.26. The average Bonchev–Trinajstić information content (AvgIpc) is 2.83. The van der Waals surface area contributed by atoms with Crippen molar-refractivity contribution in [1.29, 1.82) is 0 Å². The van der Waals surface area contributed by atoms with Crippen LogP contribution in [0.2, 0.25) is 0 Å². The quantitative estimate of drug-likeness (QED) is 0.248. The van der Waals surface area contributed by atoms with Crippen LogP contribution in [-0.4, -0.2) is 25.7 Å². The molecule has 3 aromatic rings. The summed E-state index contributed by atoms with van der Waals surface area (Å²) in [6, 6.07) is 22.4. The predicted molar refractivity (Wildman–Crippen MR) is 136 cm³/mol. The van der Waals surface area contributed by atoms with Gasteiger partial charge in [-0.2, -0.15) is 0 Å². The lowest BCUT2D eigenvalue weighted by atomic mass is 10.1. The van der Waals surface area contributed by atoms with E-state index in [0.717, 1.165) is 23.1 Å². The molecular weight excluding hydrogens is 482 g/mol. The summed E-state index contributed by atoms with van der Waals surface area (Å²) >= 11 is 3.45. The van der Waals surface area contributed by atoms with Crippen molar-refractivity contribution in [3.8, 4) is 17.2 Å². The number of anilines is 1. The third kappa shape index (κ3) is 8.46. The number of halogens is 1. The molecule has 0 spiro atoms. The van der Waals surface area contributed by atoms with Crippen LogP contribution >= 0.6 is 15.9 Å². The van der Waals surface area contributed by atoms with E-state index in [2.05, 4.69) is 28.2 Å². The zero-order valence-electron chi connectivity index (χ0n) is 18.9. The Kier molecular flexibility index (Phi) is 10.1. The summed E-state index contributed by atoms with van der Waals surface area (Å²) < 4.78 is 18.1. The molecule has 0 aliphatic heterocycles. The SMILES string of the molecule is CCCCCCOc1ccc(Br)cc1C(=O)Nc1cccc(OCCOc2ccccc2)c1. The zero-order chi connectivity index (χ0) is 23.3. The molecular formula is C27H30BrNO4. The van der Waals surface area contributed by atoms with Crippen molar-refractivity contribution in [3.05, 3.63) is 82.8 Å². The molecule has 0 fully saturated rings. The molecule has 0 aliphatic rings. The fraction of sp³-hybridized carbons (Fsp3) is 0.296. The lowest BCUT2D eigenvalue weighted by Gasteiger charge is -2.13. The smallest absolute Gasteiger partial charge is 0.259 e. The van der Waals surface area contributed by atoms with E-state index in [1.165, 1.54) is 12.8 Å². The molecule has 0 aliphatic carbocycles. The van der Waals surface area contributed by atoms with Crippen LogP contribution in [-0.2, 0) is 0 Å². The van der Waals surface area contributed by atoms with Crippen LogP contribution in [0.3, 0.4) is 0 Å². The van der Waals surface area contributed by atoms with E-state index in [1.807, 2.05) is 60.7 Å². The number of hydrogen-bond donors (Lipinski definition) is 1. The molecule has 0 bridgehead atoms. The van der Waals surface area contributed by atoms with Gasteiger partial charge in [0.25, 0.3) is 5.91 Å². The molecule has 174 valence electrons. The molecule has 1 N–H and O–H groups in total. The van der Waals surface area contributed by atoms with Gasteiger partial charge in [-0.15, -0.1) is 0 Å². The van der Waals surface area contributed by atoms with Gasteiger partial charge < -0.3 is 19.5 Å². The van der Waals surface area contributed by atoms with E-state index >= 15 is 0 Å². The first-order valence-corrected chi connectivity index (χ1v) is 12.1. The number of unbranched alkanes of at least 4 members (excludes halogenated alkanes) is 3. The Balaban J connectivity index is 1.55. The topological polar surface area (TPSA) is 56.8 Å². The number of carbonyl (C=O) groups is 1. The van der Waals surface area contributed by atoms with Crippen molar-refractivity contribution < 1.29 is 19.0 Å². The summed E-state index contributed by atoms with van der Waals surface area (Å²) in [5.74, 6) is 1.81. The van der Waals surface area contributed by atoms with Crippen LogP contribution in [0.5, 0.6) is 17.2 Å². The van der Waals surface area contributed by atoms with Crippen LogP contribution in [0.4, 0.5) is 5.69 Å². The molecule has 0 atom stereocenters. The Morgan fingerprint density at radius 2 is 1.55 bits per heavy atom. The lowest BCUT2D eigenvalue weighted by molar-refractivity contribution is 0.102. The maximum atomic E-state index is 13.0. The summed E-state index contributed by atoms with van der Waals surface area (Å²) in [5, 5.41) is 2.94. The van der Waals surface area contributed by atoms with E-state index in [0.29, 0.717) is 42.6 Å². The Hall–Kier alpha value is -2.99. The van der Waals surface area contributed by atoms with E-state index in [9.17, 15) is 4.79 Å². The number of para-hydroxylation sites is 1. The van der Waals surface area contributed by atoms with Gasteiger partial charge >= 0.3 is 0 Å². The summed E-state index contributed by atoms with van der Waals surface area (Å²) in [6.07, 6.45) is 4.46. The molecule has 1 amide bonds. The summed E-state index contributed by atoms with van der Waals surface area (Å²) in [5.41, 5.74) is 1.14. The number of carbonyl (C=O) groups excluding carboxylic acids is 1. The van der Waals surface area contributed by atoms with Gasteiger partial charge in [0.05, 0.1) is 12.2 Å². The van der Waals surface area contributed by atoms with E-state index in [1.54, 1.807) is 12.1 Å². The minimum atomic E-state index is -0.232. The monoisotopic (exact) mass is 511 g/mol. The molecule has 33 heavy (non-hydrogen) atoms. The van der Waals surface area contributed by atoms with Crippen molar-refractivity contribution in [3.63, 3.8) is 0 Å². The van der Waals surface area contributed by atoms with Gasteiger partial charge in [0.15, 0.2) is 0 Å². The molecule has 6 heteroatoms. The average molecular weight is 512 g/mol. The predicted octanol–water partition coefficient (Wildman–Crippen LogP) is 7.12. The van der Waals surface area contributed by atoms with E-state index in [-0.39, 0.29) is 5.91 Å². The highest BCUT2D eigenvalue weighted by Gasteiger charge is 2.14. The summed E-state index contributed by atoms with van der Waals surface area (Å²) in [4.78, 5) is 13.0. The van der Waals surface area contributed by atoms with Crippen LogP contribution in [0.15, 0.2) is 77.3 Å². The highest BCUT2D eigenvalue weighted by molar-refractivity contribution is 9.10. The van der Waals surface area contributed by atoms with Gasteiger partial charge in [-0.25, -0.2) is 0 Å². The third-order valence-corrected chi connectivity index (χ3v) is 5.39. The van der Waals surface area contributed by atoms with Crippen molar-refractivity contribution in [2.24, 2.45) is 0 Å². The van der Waals surface area contributed by atoms with Crippen molar-refractivity contribution >= 4 is 27.5 Å². The van der Waals surface area contributed by atoms with Crippen LogP contribution in [0.25, 0.3) is 0 Å². The Labute approximate surface area is 204 Å². The highest BCUT2D eigenvalue weighted by atomic mass is 79.9. The second-order valence-electron chi connectivity index (χ2n) is 7.54. The van der Waals surface area contributed by atoms with Crippen LogP contribution < -0.4 is 19.5 Å². The number of benzene rings is 3. The van der Waals surface area contributed by atoms with Gasteiger partial charge in [0.2, 0.25) is 0 Å². The van der Waals surface area contributed by atoms with E-state index < -0.39 is 0 Å². The molecule has 5 nitrogen and oxygen atoms in total. The molecule has 0 radical (unpaired) electrons. The van der Waals surface area contributed by atoms with Crippen molar-refractivity contribution in [1.82, 2.24) is 0 Å². The number of hydrogen-bond acceptors (Lipinski definition) is 4. The third-order valence-electron chi connectivity index (χ3n) is 4.90. The minimum absolute atomic E-state index is 0.232. The first-order chi connectivity index (χ1) is 16.2. The van der Waals surface area contributed by atoms with Crippen molar-refractivity contribution in [2.45, 2.75) is 32.6 Å². The molecule has 0 heterocycles. The minimum Gasteiger partial charge on any atom is -0.493 e.